The minimum Gasteiger partial charge on any atom is -0.497 e. The van der Waals surface area contributed by atoms with E-state index in [-0.39, 0.29) is 37.2 Å². The lowest BCUT2D eigenvalue weighted by Crippen LogP contribution is -2.29. The second-order valence-electron chi connectivity index (χ2n) is 8.20. The zero-order chi connectivity index (χ0) is 27.2. The number of aromatic nitrogens is 3. The Morgan fingerprint density at radius 3 is 2.45 bits per heavy atom. The SMILES string of the molecule is COc1ccc(CN(C(=O)O)c2ccc(F)c(COCc3cc(N)c(OC)c(-c4nnc(C)o4)c3)n2)cc1. The standard InChI is InChI=1S/C26H26FN5O6/c1-15-30-31-25(38-15)19-10-17(11-21(28)24(19)36-3)13-37-14-22-20(27)8-9-23(29-22)32(26(33)34)12-16-4-6-18(35-2)7-5-16/h4-11H,12-14,28H2,1-3H3,(H,33,34). The zero-order valence-electron chi connectivity index (χ0n) is 21.0. The van der Waals surface area contributed by atoms with Crippen LogP contribution < -0.4 is 20.1 Å². The van der Waals surface area contributed by atoms with Gasteiger partial charge in [0.25, 0.3) is 5.89 Å². The summed E-state index contributed by atoms with van der Waals surface area (Å²) in [5.74, 6) is 1.08. The minimum absolute atomic E-state index is 0.0152. The summed E-state index contributed by atoms with van der Waals surface area (Å²) in [6.45, 7) is 1.52. The van der Waals surface area contributed by atoms with Gasteiger partial charge in [-0.05, 0) is 47.5 Å². The second kappa shape index (κ2) is 11.6. The van der Waals surface area contributed by atoms with Gasteiger partial charge in [-0.2, -0.15) is 0 Å². The summed E-state index contributed by atoms with van der Waals surface area (Å²) >= 11 is 0. The van der Waals surface area contributed by atoms with Gasteiger partial charge in [-0.1, -0.05) is 12.1 Å². The molecule has 0 atom stereocenters. The van der Waals surface area contributed by atoms with Gasteiger partial charge in [0.1, 0.15) is 23.1 Å². The topological polar surface area (TPSA) is 146 Å². The van der Waals surface area contributed by atoms with Crippen LogP contribution in [0.4, 0.5) is 20.7 Å². The summed E-state index contributed by atoms with van der Waals surface area (Å²) in [6.07, 6.45) is -1.23. The van der Waals surface area contributed by atoms with Gasteiger partial charge in [0.05, 0.1) is 45.2 Å². The molecule has 11 nitrogen and oxygen atoms in total. The molecule has 198 valence electrons. The largest absolute Gasteiger partial charge is 0.497 e. The van der Waals surface area contributed by atoms with E-state index in [1.165, 1.54) is 13.2 Å². The number of carbonyl (C=O) groups is 1. The maximum atomic E-state index is 14.5. The first-order valence-electron chi connectivity index (χ1n) is 11.4. The van der Waals surface area contributed by atoms with E-state index >= 15 is 0 Å². The Kier molecular flexibility index (Phi) is 8.02. The van der Waals surface area contributed by atoms with Crippen molar-refractivity contribution in [2.24, 2.45) is 0 Å². The van der Waals surface area contributed by atoms with Gasteiger partial charge in [0.2, 0.25) is 5.89 Å². The summed E-state index contributed by atoms with van der Waals surface area (Å²) in [5.41, 5.74) is 8.28. The Morgan fingerprint density at radius 2 is 1.82 bits per heavy atom. The van der Waals surface area contributed by atoms with Gasteiger partial charge >= 0.3 is 6.09 Å². The number of rotatable bonds is 10. The molecule has 0 spiro atoms. The number of nitrogen functional groups attached to an aromatic ring is 1. The van der Waals surface area contributed by atoms with Crippen molar-refractivity contribution in [3.05, 3.63) is 77.1 Å². The van der Waals surface area contributed by atoms with Crippen molar-refractivity contribution in [3.63, 3.8) is 0 Å². The molecule has 12 heteroatoms. The molecule has 4 rings (SSSR count). The average molecular weight is 524 g/mol. The third-order valence-corrected chi connectivity index (χ3v) is 5.56. The molecule has 38 heavy (non-hydrogen) atoms. The lowest BCUT2D eigenvalue weighted by molar-refractivity contribution is 0.102. The van der Waals surface area contributed by atoms with Crippen LogP contribution in [-0.4, -0.2) is 40.6 Å². The van der Waals surface area contributed by atoms with Crippen LogP contribution in [0.3, 0.4) is 0 Å². The number of ether oxygens (including phenoxy) is 3. The molecule has 0 aliphatic rings. The van der Waals surface area contributed by atoms with E-state index in [1.807, 2.05) is 0 Å². The van der Waals surface area contributed by atoms with Crippen LogP contribution in [0.15, 0.2) is 52.9 Å². The van der Waals surface area contributed by atoms with Gasteiger partial charge < -0.3 is 29.5 Å². The van der Waals surface area contributed by atoms with Crippen molar-refractivity contribution >= 4 is 17.6 Å². The summed E-state index contributed by atoms with van der Waals surface area (Å²) in [7, 11) is 3.02. The Balaban J connectivity index is 1.49. The maximum absolute atomic E-state index is 14.5. The highest BCUT2D eigenvalue weighted by Gasteiger charge is 2.20. The molecule has 2 heterocycles. The molecule has 2 aromatic carbocycles. The van der Waals surface area contributed by atoms with E-state index in [1.54, 1.807) is 50.4 Å². The van der Waals surface area contributed by atoms with Crippen LogP contribution in [0.2, 0.25) is 0 Å². The molecular formula is C26H26FN5O6. The summed E-state index contributed by atoms with van der Waals surface area (Å²) in [6, 6.07) is 12.8. The first kappa shape index (κ1) is 26.4. The highest BCUT2D eigenvalue weighted by atomic mass is 19.1. The van der Waals surface area contributed by atoms with E-state index in [0.29, 0.717) is 39.8 Å². The molecule has 0 aliphatic carbocycles. The molecule has 0 fully saturated rings. The van der Waals surface area contributed by atoms with Gasteiger partial charge in [0, 0.05) is 6.92 Å². The quantitative estimate of drug-likeness (QED) is 0.283. The number of anilines is 2. The molecule has 0 aliphatic heterocycles. The van der Waals surface area contributed by atoms with Crippen molar-refractivity contribution < 1.29 is 32.9 Å². The summed E-state index contributed by atoms with van der Waals surface area (Å²) < 4.78 is 36.3. The molecular weight excluding hydrogens is 497 g/mol. The maximum Gasteiger partial charge on any atom is 0.413 e. The van der Waals surface area contributed by atoms with Gasteiger partial charge in [-0.3, -0.25) is 4.90 Å². The van der Waals surface area contributed by atoms with E-state index < -0.39 is 11.9 Å². The molecule has 0 saturated heterocycles. The number of pyridine rings is 1. The lowest BCUT2D eigenvalue weighted by Gasteiger charge is -2.19. The van der Waals surface area contributed by atoms with Crippen LogP contribution in [0, 0.1) is 12.7 Å². The molecule has 0 bridgehead atoms. The summed E-state index contributed by atoms with van der Waals surface area (Å²) in [5, 5.41) is 17.6. The first-order chi connectivity index (χ1) is 18.3. The smallest absolute Gasteiger partial charge is 0.413 e. The summed E-state index contributed by atoms with van der Waals surface area (Å²) in [4.78, 5) is 17.2. The molecule has 0 radical (unpaired) electrons. The fourth-order valence-corrected chi connectivity index (χ4v) is 3.74. The molecule has 1 amide bonds. The normalized spacial score (nSPS) is 10.8. The van der Waals surface area contributed by atoms with Crippen LogP contribution in [0.1, 0.15) is 22.7 Å². The average Bonchev–Trinajstić information content (AvgIpc) is 3.34. The Hall–Kier alpha value is -4.71. The number of nitrogens with zero attached hydrogens (tertiary/aromatic N) is 4. The highest BCUT2D eigenvalue weighted by Crippen LogP contribution is 2.36. The number of hydrogen-bond donors (Lipinski definition) is 2. The predicted molar refractivity (Wildman–Crippen MR) is 135 cm³/mol. The van der Waals surface area contributed by atoms with Crippen LogP contribution in [0.5, 0.6) is 11.5 Å². The number of aryl methyl sites for hydroxylation is 1. The number of carboxylic acid groups (broad SMARTS) is 1. The third kappa shape index (κ3) is 5.98. The van der Waals surface area contributed by atoms with E-state index in [4.69, 9.17) is 24.4 Å². The van der Waals surface area contributed by atoms with Crippen LogP contribution in [0.25, 0.3) is 11.5 Å². The number of methoxy groups -OCH3 is 2. The Morgan fingerprint density at radius 1 is 1.05 bits per heavy atom. The fourth-order valence-electron chi connectivity index (χ4n) is 3.74. The molecule has 0 unspecified atom stereocenters. The fraction of sp³-hybridized carbons (Fsp3) is 0.231. The first-order valence-corrected chi connectivity index (χ1v) is 11.4. The zero-order valence-corrected chi connectivity index (χ0v) is 21.0. The monoisotopic (exact) mass is 523 g/mol. The van der Waals surface area contributed by atoms with E-state index in [0.717, 1.165) is 11.0 Å². The van der Waals surface area contributed by atoms with Crippen molar-refractivity contribution in [2.75, 3.05) is 24.9 Å². The number of benzene rings is 2. The highest BCUT2D eigenvalue weighted by molar-refractivity contribution is 5.84. The second-order valence-corrected chi connectivity index (χ2v) is 8.20. The van der Waals surface area contributed by atoms with Crippen LogP contribution in [-0.2, 0) is 24.5 Å². The van der Waals surface area contributed by atoms with Crippen molar-refractivity contribution in [3.8, 4) is 23.0 Å². The number of hydrogen-bond acceptors (Lipinski definition) is 9. The molecule has 4 aromatic rings. The Labute approximate surface area is 217 Å². The third-order valence-electron chi connectivity index (χ3n) is 5.56. The number of halogens is 1. The number of nitrogens with two attached hydrogens (primary N) is 1. The molecule has 2 aromatic heterocycles. The van der Waals surface area contributed by atoms with Gasteiger partial charge in [0.15, 0.2) is 5.75 Å². The van der Waals surface area contributed by atoms with Crippen molar-refractivity contribution in [1.29, 1.82) is 0 Å². The van der Waals surface area contributed by atoms with Crippen LogP contribution >= 0.6 is 0 Å². The van der Waals surface area contributed by atoms with E-state index in [2.05, 4.69) is 15.2 Å². The predicted octanol–water partition coefficient (Wildman–Crippen LogP) is 4.58. The Bertz CT molecular complexity index is 1430. The van der Waals surface area contributed by atoms with E-state index in [9.17, 15) is 14.3 Å². The van der Waals surface area contributed by atoms with Crippen molar-refractivity contribution in [1.82, 2.24) is 15.2 Å². The van der Waals surface area contributed by atoms with Gasteiger partial charge in [-0.25, -0.2) is 14.2 Å². The number of amides is 1. The molecule has 3 N–H and O–H groups in total. The van der Waals surface area contributed by atoms with Gasteiger partial charge in [-0.15, -0.1) is 10.2 Å². The minimum atomic E-state index is -1.23. The lowest BCUT2D eigenvalue weighted by atomic mass is 10.1. The van der Waals surface area contributed by atoms with Crippen molar-refractivity contribution in [2.45, 2.75) is 26.7 Å². The molecule has 0 saturated carbocycles.